The zero-order chi connectivity index (χ0) is 20.4. The van der Waals surface area contributed by atoms with Crippen molar-refractivity contribution in [3.8, 4) is 0 Å². The summed E-state index contributed by atoms with van der Waals surface area (Å²) < 4.78 is 191. The quantitative estimate of drug-likeness (QED) is 0.568. The van der Waals surface area contributed by atoms with Crippen molar-refractivity contribution in [2.45, 2.75) is 54.6 Å². The van der Waals surface area contributed by atoms with Crippen molar-refractivity contribution >= 4 is 0 Å². The fourth-order valence-corrected chi connectivity index (χ4v) is 2.12. The third-order valence-corrected chi connectivity index (χ3v) is 3.58. The lowest BCUT2D eigenvalue weighted by Gasteiger charge is -2.39. The van der Waals surface area contributed by atoms with Crippen molar-refractivity contribution in [1.82, 2.24) is 0 Å². The summed E-state index contributed by atoms with van der Waals surface area (Å²) in [7, 11) is 0. The number of hydrogen-bond acceptors (Lipinski definition) is 0. The molecule has 1 rings (SSSR count). The lowest BCUT2D eigenvalue weighted by atomic mass is 9.86. The van der Waals surface area contributed by atoms with E-state index in [0.717, 1.165) is 0 Å². The predicted octanol–water partition coefficient (Wildman–Crippen LogP) is 5.07. The fourth-order valence-electron chi connectivity index (χ4n) is 2.12. The molecule has 0 nitrogen and oxygen atoms in total. The predicted molar refractivity (Wildman–Crippen MR) is 48.9 cm³/mol. The summed E-state index contributed by atoms with van der Waals surface area (Å²) in [4.78, 5) is 0. The second-order valence-electron chi connectivity index (χ2n) is 5.15. The molecule has 0 amide bonds. The second-order valence-corrected chi connectivity index (χ2v) is 5.15. The molecule has 0 heterocycles. The summed E-state index contributed by atoms with van der Waals surface area (Å²) in [6.07, 6.45) is -23.6. The van der Waals surface area contributed by atoms with Crippen LogP contribution in [0.4, 0.5) is 65.9 Å². The van der Waals surface area contributed by atoms with Gasteiger partial charge in [0.05, 0.1) is 5.92 Å². The Morgan fingerprint density at radius 3 is 1.00 bits per heavy atom. The average Bonchev–Trinajstić information content (AvgIpc) is 2.61. The molecule has 1 aliphatic carbocycles. The standard InChI is InChI=1S/C10H5F15/c11-2-1(3(12)5(14)4(2)13)6(15,16)7(17,18)8(19,20)9(21,22)10(23,24)25/h1-5H. The van der Waals surface area contributed by atoms with Crippen LogP contribution in [0.25, 0.3) is 0 Å². The first kappa shape index (κ1) is 22.0. The van der Waals surface area contributed by atoms with Gasteiger partial charge in [-0.3, -0.25) is 0 Å². The topological polar surface area (TPSA) is 0 Å². The lowest BCUT2D eigenvalue weighted by molar-refractivity contribution is -0.428. The zero-order valence-corrected chi connectivity index (χ0v) is 11.1. The summed E-state index contributed by atoms with van der Waals surface area (Å²) in [5, 5.41) is 0. The molecule has 0 saturated heterocycles. The first-order chi connectivity index (χ1) is 10.8. The maximum atomic E-state index is 13.4. The third-order valence-electron chi connectivity index (χ3n) is 3.58. The van der Waals surface area contributed by atoms with Crippen LogP contribution >= 0.6 is 0 Å². The Morgan fingerprint density at radius 1 is 0.400 bits per heavy atom. The highest BCUT2D eigenvalue weighted by molar-refractivity contribution is 5.14. The van der Waals surface area contributed by atoms with E-state index in [1.165, 1.54) is 0 Å². The molecule has 0 N–H and O–H groups in total. The minimum Gasteiger partial charge on any atom is -0.243 e. The molecule has 0 bridgehead atoms. The summed E-state index contributed by atoms with van der Waals surface area (Å²) in [6, 6.07) is 0. The fraction of sp³-hybridized carbons (Fsp3) is 1.00. The van der Waals surface area contributed by atoms with Crippen LogP contribution in [0.3, 0.4) is 0 Å². The van der Waals surface area contributed by atoms with Gasteiger partial charge in [-0.1, -0.05) is 0 Å². The lowest BCUT2D eigenvalue weighted by Crippen LogP contribution is -2.68. The Bertz CT molecular complexity index is 479. The van der Waals surface area contributed by atoms with E-state index >= 15 is 0 Å². The Morgan fingerprint density at radius 2 is 0.720 bits per heavy atom. The molecule has 0 aromatic heterocycles. The monoisotopic (exact) mass is 410 g/mol. The van der Waals surface area contributed by atoms with Crippen molar-refractivity contribution in [3.63, 3.8) is 0 Å². The van der Waals surface area contributed by atoms with Crippen molar-refractivity contribution in [2.24, 2.45) is 5.92 Å². The summed E-state index contributed by atoms with van der Waals surface area (Å²) in [5.41, 5.74) is 0. The second kappa shape index (κ2) is 5.72. The van der Waals surface area contributed by atoms with Gasteiger partial charge in [-0.25, -0.2) is 17.6 Å². The minimum absolute atomic E-state index is 3.85. The van der Waals surface area contributed by atoms with Gasteiger partial charge >= 0.3 is 29.9 Å². The van der Waals surface area contributed by atoms with E-state index < -0.39 is 60.5 Å². The van der Waals surface area contributed by atoms with E-state index in [9.17, 15) is 65.9 Å². The van der Waals surface area contributed by atoms with Crippen molar-refractivity contribution in [2.75, 3.05) is 0 Å². The SMILES string of the molecule is FC1C(F)C(F)C(C(F)(F)C(F)(F)C(F)(F)C(F)(F)C(F)(F)F)C1F. The number of alkyl halides is 15. The van der Waals surface area contributed by atoms with Gasteiger partial charge in [0.1, 0.15) is 12.3 Å². The van der Waals surface area contributed by atoms with Crippen LogP contribution in [-0.4, -0.2) is 54.6 Å². The van der Waals surface area contributed by atoms with E-state index in [1.54, 1.807) is 0 Å². The Labute approximate surface area is 128 Å². The average molecular weight is 410 g/mol. The Kier molecular flexibility index (Phi) is 5.04. The normalized spacial score (nSPS) is 33.0. The molecule has 1 fully saturated rings. The van der Waals surface area contributed by atoms with Crippen molar-refractivity contribution in [1.29, 1.82) is 0 Å². The molecule has 4 unspecified atom stereocenters. The first-order valence-corrected chi connectivity index (χ1v) is 5.91. The highest BCUT2D eigenvalue weighted by Gasteiger charge is 2.89. The van der Waals surface area contributed by atoms with Crippen LogP contribution in [0.5, 0.6) is 0 Å². The van der Waals surface area contributed by atoms with Crippen LogP contribution in [0, 0.1) is 5.92 Å². The number of rotatable bonds is 4. The molecule has 150 valence electrons. The Hall–Kier alpha value is -1.05. The van der Waals surface area contributed by atoms with Gasteiger partial charge in [-0.2, -0.15) is 48.3 Å². The molecule has 25 heavy (non-hydrogen) atoms. The van der Waals surface area contributed by atoms with E-state index in [1.807, 2.05) is 0 Å². The van der Waals surface area contributed by atoms with Gasteiger partial charge in [-0.05, 0) is 0 Å². The van der Waals surface area contributed by atoms with Crippen LogP contribution in [0.15, 0.2) is 0 Å². The smallest absolute Gasteiger partial charge is 0.243 e. The van der Waals surface area contributed by atoms with Gasteiger partial charge in [0.15, 0.2) is 12.3 Å². The molecule has 4 atom stereocenters. The van der Waals surface area contributed by atoms with E-state index in [4.69, 9.17) is 0 Å². The molecule has 15 heteroatoms. The zero-order valence-electron chi connectivity index (χ0n) is 11.1. The highest BCUT2D eigenvalue weighted by atomic mass is 19.4. The number of halogens is 15. The minimum atomic E-state index is -7.90. The molecule has 0 spiro atoms. The van der Waals surface area contributed by atoms with Gasteiger partial charge in [0, 0.05) is 0 Å². The first-order valence-electron chi connectivity index (χ1n) is 5.91. The van der Waals surface area contributed by atoms with Crippen molar-refractivity contribution < 1.29 is 65.9 Å². The highest BCUT2D eigenvalue weighted by Crippen LogP contribution is 2.61. The van der Waals surface area contributed by atoms with Gasteiger partial charge in [-0.15, -0.1) is 0 Å². The van der Waals surface area contributed by atoms with Gasteiger partial charge in [0.2, 0.25) is 0 Å². The molecule has 0 aromatic carbocycles. The van der Waals surface area contributed by atoms with Crippen LogP contribution in [0.1, 0.15) is 0 Å². The molecule has 1 aliphatic rings. The van der Waals surface area contributed by atoms with E-state index in [-0.39, 0.29) is 0 Å². The van der Waals surface area contributed by atoms with Crippen molar-refractivity contribution in [3.05, 3.63) is 0 Å². The summed E-state index contributed by atoms with van der Waals surface area (Å²) in [5.74, 6) is -35.0. The summed E-state index contributed by atoms with van der Waals surface area (Å²) >= 11 is 0. The maximum absolute atomic E-state index is 13.4. The third kappa shape index (κ3) is 2.71. The Balaban J connectivity index is 3.45. The van der Waals surface area contributed by atoms with Crippen LogP contribution < -0.4 is 0 Å². The largest absolute Gasteiger partial charge is 0.460 e. The van der Waals surface area contributed by atoms with E-state index in [2.05, 4.69) is 0 Å². The number of hydrogen-bond donors (Lipinski definition) is 0. The molecule has 1 saturated carbocycles. The molecule has 0 aromatic rings. The van der Waals surface area contributed by atoms with Gasteiger partial charge in [0.25, 0.3) is 0 Å². The molecular weight excluding hydrogens is 405 g/mol. The molecular formula is C10H5F15. The van der Waals surface area contributed by atoms with E-state index in [0.29, 0.717) is 0 Å². The van der Waals surface area contributed by atoms with Crippen LogP contribution in [-0.2, 0) is 0 Å². The molecule has 0 radical (unpaired) electrons. The van der Waals surface area contributed by atoms with Crippen LogP contribution in [0.2, 0.25) is 0 Å². The maximum Gasteiger partial charge on any atom is 0.460 e. The van der Waals surface area contributed by atoms with Gasteiger partial charge < -0.3 is 0 Å². The summed E-state index contributed by atoms with van der Waals surface area (Å²) in [6.45, 7) is 0. The molecule has 0 aliphatic heterocycles.